The molecule has 0 aromatic heterocycles. The van der Waals surface area contributed by atoms with Gasteiger partial charge in [0.2, 0.25) is 5.91 Å². The second-order valence-electron chi connectivity index (χ2n) is 6.68. The van der Waals surface area contributed by atoms with E-state index in [1.807, 2.05) is 13.8 Å². The Kier molecular flexibility index (Phi) is 9.76. The predicted molar refractivity (Wildman–Crippen MR) is 121 cm³/mol. The Labute approximate surface area is 192 Å². The molecule has 2 aromatic carbocycles. The minimum atomic E-state index is -0.676. The summed E-state index contributed by atoms with van der Waals surface area (Å²) in [4.78, 5) is 27.3. The Morgan fingerprint density at radius 2 is 1.67 bits per heavy atom. The topological polar surface area (TPSA) is 58.6 Å². The van der Waals surface area contributed by atoms with Crippen LogP contribution in [0.25, 0.3) is 0 Å². The van der Waals surface area contributed by atoms with Crippen LogP contribution in [0.5, 0.6) is 5.75 Å². The van der Waals surface area contributed by atoms with E-state index in [2.05, 4.69) is 5.32 Å². The van der Waals surface area contributed by atoms with Gasteiger partial charge in [-0.3, -0.25) is 9.59 Å². The molecule has 0 saturated carbocycles. The van der Waals surface area contributed by atoms with Crippen molar-refractivity contribution in [3.05, 3.63) is 63.1 Å². The van der Waals surface area contributed by atoms with Crippen LogP contribution in [0.1, 0.15) is 32.3 Å². The van der Waals surface area contributed by atoms with Crippen LogP contribution < -0.4 is 10.1 Å². The molecular weight excluding hydrogens is 447 g/mol. The van der Waals surface area contributed by atoms with Crippen LogP contribution in [-0.2, 0) is 16.1 Å². The molecule has 0 aliphatic heterocycles. The summed E-state index contributed by atoms with van der Waals surface area (Å²) < 4.78 is 5.61. The molecule has 0 spiro atoms. The van der Waals surface area contributed by atoms with E-state index in [0.29, 0.717) is 39.3 Å². The second kappa shape index (κ2) is 12.0. The van der Waals surface area contributed by atoms with Crippen LogP contribution in [0.15, 0.2) is 42.5 Å². The number of carbonyl (C=O) groups is 2. The van der Waals surface area contributed by atoms with Gasteiger partial charge < -0.3 is 15.0 Å². The first-order valence-electron chi connectivity index (χ1n) is 9.75. The van der Waals surface area contributed by atoms with E-state index >= 15 is 0 Å². The van der Waals surface area contributed by atoms with Crippen LogP contribution in [0.2, 0.25) is 15.1 Å². The van der Waals surface area contributed by atoms with Crippen molar-refractivity contribution in [2.75, 3.05) is 13.2 Å². The minimum absolute atomic E-state index is 0.0966. The number of nitrogens with one attached hydrogen (secondary N) is 1. The smallest absolute Gasteiger partial charge is 0.261 e. The number of nitrogens with zero attached hydrogens (tertiary/aromatic N) is 1. The fraction of sp³-hybridized carbons (Fsp3) is 0.364. The summed E-state index contributed by atoms with van der Waals surface area (Å²) in [6, 6.07) is 11.2. The SMILES string of the molecule is CCCNC(=O)C(CC)N(Cc1c(Cl)cccc1Cl)C(=O)COc1ccc(Cl)cc1. The van der Waals surface area contributed by atoms with Gasteiger partial charge in [0.15, 0.2) is 6.61 Å². The molecule has 0 aliphatic rings. The molecular formula is C22H25Cl3N2O3. The van der Waals surface area contributed by atoms with E-state index < -0.39 is 6.04 Å². The summed E-state index contributed by atoms with van der Waals surface area (Å²) in [6.07, 6.45) is 1.23. The van der Waals surface area contributed by atoms with Crippen molar-refractivity contribution in [2.24, 2.45) is 0 Å². The predicted octanol–water partition coefficient (Wildman–Crippen LogP) is 5.36. The standard InChI is InChI=1S/C22H25Cl3N2O3/c1-3-12-26-22(29)20(4-2)27(13-17-18(24)6-5-7-19(17)25)21(28)14-30-16-10-8-15(23)9-11-16/h5-11,20H,3-4,12-14H2,1-2H3,(H,26,29). The Morgan fingerprint density at radius 1 is 1.03 bits per heavy atom. The van der Waals surface area contributed by atoms with Crippen molar-refractivity contribution >= 4 is 46.6 Å². The molecule has 0 heterocycles. The maximum atomic E-state index is 13.1. The average molecular weight is 472 g/mol. The summed E-state index contributed by atoms with van der Waals surface area (Å²) in [5.74, 6) is -0.0613. The maximum absolute atomic E-state index is 13.1. The van der Waals surface area contributed by atoms with E-state index in [0.717, 1.165) is 6.42 Å². The maximum Gasteiger partial charge on any atom is 0.261 e. The zero-order valence-electron chi connectivity index (χ0n) is 17.0. The number of amides is 2. The van der Waals surface area contributed by atoms with E-state index in [1.165, 1.54) is 4.90 Å². The highest BCUT2D eigenvalue weighted by molar-refractivity contribution is 6.36. The number of carbonyl (C=O) groups excluding carboxylic acids is 2. The third-order valence-electron chi connectivity index (χ3n) is 4.50. The number of rotatable bonds is 10. The molecule has 162 valence electrons. The summed E-state index contributed by atoms with van der Waals surface area (Å²) in [5.41, 5.74) is 0.586. The van der Waals surface area contributed by atoms with Crippen molar-refractivity contribution in [1.29, 1.82) is 0 Å². The van der Waals surface area contributed by atoms with Crippen molar-refractivity contribution in [1.82, 2.24) is 10.2 Å². The normalized spacial score (nSPS) is 11.6. The third-order valence-corrected chi connectivity index (χ3v) is 5.46. The highest BCUT2D eigenvalue weighted by Gasteiger charge is 2.29. The van der Waals surface area contributed by atoms with Crippen LogP contribution in [0, 0.1) is 0 Å². The number of halogens is 3. The fourth-order valence-corrected chi connectivity index (χ4v) is 3.54. The summed E-state index contributed by atoms with van der Waals surface area (Å²) in [6.45, 7) is 4.21. The van der Waals surface area contributed by atoms with Gasteiger partial charge in [-0.05, 0) is 49.2 Å². The van der Waals surface area contributed by atoms with Crippen LogP contribution >= 0.6 is 34.8 Å². The molecule has 0 aliphatic carbocycles. The molecule has 2 rings (SSSR count). The molecule has 0 bridgehead atoms. The first kappa shape index (κ1) is 24.3. The van der Waals surface area contributed by atoms with Gasteiger partial charge in [0, 0.05) is 33.7 Å². The summed E-state index contributed by atoms with van der Waals surface area (Å²) in [5, 5.41) is 4.30. The molecule has 0 saturated heterocycles. The number of hydrogen-bond acceptors (Lipinski definition) is 3. The molecule has 1 N–H and O–H groups in total. The molecule has 5 nitrogen and oxygen atoms in total. The van der Waals surface area contributed by atoms with Crippen LogP contribution in [0.3, 0.4) is 0 Å². The van der Waals surface area contributed by atoms with E-state index in [9.17, 15) is 9.59 Å². The molecule has 0 fully saturated rings. The average Bonchev–Trinajstić information content (AvgIpc) is 2.73. The molecule has 2 amide bonds. The minimum Gasteiger partial charge on any atom is -0.484 e. The van der Waals surface area contributed by atoms with Gasteiger partial charge in [0.25, 0.3) is 5.91 Å². The summed E-state index contributed by atoms with van der Waals surface area (Å²) in [7, 11) is 0. The highest BCUT2D eigenvalue weighted by atomic mass is 35.5. The lowest BCUT2D eigenvalue weighted by Gasteiger charge is -2.31. The van der Waals surface area contributed by atoms with Gasteiger partial charge in [-0.1, -0.05) is 54.7 Å². The van der Waals surface area contributed by atoms with Crippen molar-refractivity contribution in [3.8, 4) is 5.75 Å². The van der Waals surface area contributed by atoms with E-state index in [4.69, 9.17) is 39.5 Å². The Bertz CT molecular complexity index is 839. The second-order valence-corrected chi connectivity index (χ2v) is 7.93. The Balaban J connectivity index is 2.25. The van der Waals surface area contributed by atoms with Crippen LogP contribution in [0.4, 0.5) is 0 Å². The summed E-state index contributed by atoms with van der Waals surface area (Å²) >= 11 is 18.5. The number of benzene rings is 2. The van der Waals surface area contributed by atoms with Gasteiger partial charge in [-0.2, -0.15) is 0 Å². The van der Waals surface area contributed by atoms with Gasteiger partial charge in [-0.15, -0.1) is 0 Å². The number of ether oxygens (including phenoxy) is 1. The van der Waals surface area contributed by atoms with Crippen molar-refractivity contribution < 1.29 is 14.3 Å². The largest absolute Gasteiger partial charge is 0.484 e. The Morgan fingerprint density at radius 3 is 2.23 bits per heavy atom. The fourth-order valence-electron chi connectivity index (χ4n) is 2.90. The lowest BCUT2D eigenvalue weighted by atomic mass is 10.1. The van der Waals surface area contributed by atoms with Gasteiger partial charge in [0.05, 0.1) is 0 Å². The molecule has 30 heavy (non-hydrogen) atoms. The zero-order chi connectivity index (χ0) is 22.1. The first-order chi connectivity index (χ1) is 14.4. The molecule has 8 heteroatoms. The quantitative estimate of drug-likeness (QED) is 0.507. The molecule has 1 unspecified atom stereocenters. The first-order valence-corrected chi connectivity index (χ1v) is 10.9. The van der Waals surface area contributed by atoms with Crippen molar-refractivity contribution in [3.63, 3.8) is 0 Å². The number of hydrogen-bond donors (Lipinski definition) is 1. The molecule has 0 radical (unpaired) electrons. The monoisotopic (exact) mass is 470 g/mol. The van der Waals surface area contributed by atoms with Gasteiger partial charge in [0.1, 0.15) is 11.8 Å². The lowest BCUT2D eigenvalue weighted by molar-refractivity contribution is -0.143. The van der Waals surface area contributed by atoms with Crippen molar-refractivity contribution in [2.45, 2.75) is 39.3 Å². The van der Waals surface area contributed by atoms with E-state index in [1.54, 1.807) is 42.5 Å². The zero-order valence-corrected chi connectivity index (χ0v) is 19.2. The third kappa shape index (κ3) is 6.79. The lowest BCUT2D eigenvalue weighted by Crippen LogP contribution is -2.50. The van der Waals surface area contributed by atoms with Gasteiger partial charge >= 0.3 is 0 Å². The molecule has 2 aromatic rings. The van der Waals surface area contributed by atoms with Crippen LogP contribution in [-0.4, -0.2) is 35.9 Å². The Hall–Kier alpha value is -1.95. The molecule has 1 atom stereocenters. The van der Waals surface area contributed by atoms with E-state index in [-0.39, 0.29) is 25.0 Å². The van der Waals surface area contributed by atoms with Gasteiger partial charge in [-0.25, -0.2) is 0 Å². The highest BCUT2D eigenvalue weighted by Crippen LogP contribution is 2.27.